The predicted molar refractivity (Wildman–Crippen MR) is 152 cm³/mol. The summed E-state index contributed by atoms with van der Waals surface area (Å²) in [5.74, 6) is -0.572. The van der Waals surface area contributed by atoms with Gasteiger partial charge in [0.2, 0.25) is 0 Å². The van der Waals surface area contributed by atoms with E-state index in [4.69, 9.17) is 23.1 Å². The zero-order valence-corrected chi connectivity index (χ0v) is 23.7. The first kappa shape index (κ1) is 31.2. The smallest absolute Gasteiger partial charge is 0.330 e. The van der Waals surface area contributed by atoms with Gasteiger partial charge in [-0.3, -0.25) is 4.18 Å². The summed E-state index contributed by atoms with van der Waals surface area (Å²) < 4.78 is 53.4. The Balaban J connectivity index is 1.99. The first-order chi connectivity index (χ1) is 19.2. The van der Waals surface area contributed by atoms with Crippen LogP contribution in [-0.2, 0) is 57.9 Å². The highest BCUT2D eigenvalue weighted by Gasteiger charge is 2.37. The van der Waals surface area contributed by atoms with Crippen LogP contribution in [0.4, 0.5) is 0 Å². The summed E-state index contributed by atoms with van der Waals surface area (Å²) in [5, 5.41) is 0. The van der Waals surface area contributed by atoms with Crippen molar-refractivity contribution in [3.8, 4) is 0 Å². The van der Waals surface area contributed by atoms with Crippen LogP contribution in [0, 0.1) is 0 Å². The maximum Gasteiger partial charge on any atom is 0.330 e. The monoisotopic (exact) mass is 568 g/mol. The molecule has 9 heteroatoms. The van der Waals surface area contributed by atoms with Gasteiger partial charge in [-0.05, 0) is 29.7 Å². The minimum Gasteiger partial charge on any atom is -0.466 e. The molecule has 0 N–H and O–H groups in total. The van der Waals surface area contributed by atoms with E-state index in [0.717, 1.165) is 22.9 Å². The minimum atomic E-state index is -3.83. The van der Waals surface area contributed by atoms with Crippen LogP contribution in [0.3, 0.4) is 0 Å². The van der Waals surface area contributed by atoms with Crippen molar-refractivity contribution < 1.29 is 36.3 Å². The van der Waals surface area contributed by atoms with E-state index in [1.54, 1.807) is 6.92 Å². The molecule has 0 aliphatic rings. The van der Waals surface area contributed by atoms with E-state index in [2.05, 4.69) is 0 Å². The lowest BCUT2D eigenvalue weighted by molar-refractivity contribution is -0.161. The molecular weight excluding hydrogens is 532 g/mol. The Hall–Kier alpha value is -3.34. The van der Waals surface area contributed by atoms with E-state index in [0.29, 0.717) is 0 Å². The van der Waals surface area contributed by atoms with Crippen molar-refractivity contribution in [2.75, 3.05) is 13.4 Å². The molecule has 0 bridgehead atoms. The van der Waals surface area contributed by atoms with E-state index >= 15 is 0 Å². The van der Waals surface area contributed by atoms with Crippen molar-refractivity contribution >= 4 is 16.1 Å². The number of rotatable bonds is 16. The summed E-state index contributed by atoms with van der Waals surface area (Å²) in [7, 11) is -2.55. The molecule has 0 aliphatic heterocycles. The van der Waals surface area contributed by atoms with E-state index in [1.165, 1.54) is 19.3 Å². The third-order valence-corrected chi connectivity index (χ3v) is 6.57. The molecule has 0 unspecified atom stereocenters. The minimum absolute atomic E-state index is 0.167. The molecule has 3 rings (SSSR count). The maximum absolute atomic E-state index is 12.1. The SMILES string of the molecule is COC(=O)/C=C/[C@@H](OCc1ccccc1)[C@H](OCc1ccccc1)[C@H](OCc1ccccc1)[C@H](C)OS(C)(=O)=O. The quantitative estimate of drug-likeness (QED) is 0.138. The van der Waals surface area contributed by atoms with E-state index in [9.17, 15) is 13.2 Å². The lowest BCUT2D eigenvalue weighted by atomic mass is 10.0. The normalized spacial score (nSPS) is 14.9. The molecule has 214 valence electrons. The molecule has 3 aromatic rings. The predicted octanol–water partition coefficient (Wildman–Crippen LogP) is 4.84. The zero-order valence-electron chi connectivity index (χ0n) is 22.9. The molecule has 40 heavy (non-hydrogen) atoms. The maximum atomic E-state index is 12.1. The van der Waals surface area contributed by atoms with Crippen LogP contribution >= 0.6 is 0 Å². The number of carbonyl (C=O) groups is 1. The van der Waals surface area contributed by atoms with Gasteiger partial charge in [0.15, 0.2) is 0 Å². The molecule has 0 radical (unpaired) electrons. The summed E-state index contributed by atoms with van der Waals surface area (Å²) in [5.41, 5.74) is 2.68. The van der Waals surface area contributed by atoms with Crippen molar-refractivity contribution in [3.05, 3.63) is 120 Å². The fourth-order valence-corrected chi connectivity index (χ4v) is 4.67. The number of carbonyl (C=O) groups excluding carboxylic acids is 1. The molecule has 0 aliphatic carbocycles. The second kappa shape index (κ2) is 16.1. The average molecular weight is 569 g/mol. The highest BCUT2D eigenvalue weighted by atomic mass is 32.2. The zero-order chi connectivity index (χ0) is 28.8. The van der Waals surface area contributed by atoms with Gasteiger partial charge in [0.05, 0.1) is 33.2 Å². The molecule has 0 saturated carbocycles. The highest BCUT2D eigenvalue weighted by molar-refractivity contribution is 7.86. The van der Waals surface area contributed by atoms with Crippen LogP contribution in [0.5, 0.6) is 0 Å². The molecule has 0 aromatic heterocycles. The van der Waals surface area contributed by atoms with Gasteiger partial charge in [0, 0.05) is 6.08 Å². The average Bonchev–Trinajstić information content (AvgIpc) is 2.95. The number of methoxy groups -OCH3 is 1. The van der Waals surface area contributed by atoms with Gasteiger partial charge in [-0.1, -0.05) is 91.0 Å². The van der Waals surface area contributed by atoms with Gasteiger partial charge in [-0.2, -0.15) is 8.42 Å². The van der Waals surface area contributed by atoms with Crippen molar-refractivity contribution in [1.82, 2.24) is 0 Å². The van der Waals surface area contributed by atoms with E-state index in [-0.39, 0.29) is 19.8 Å². The molecular formula is C31H36O8S. The highest BCUT2D eigenvalue weighted by Crippen LogP contribution is 2.24. The molecule has 0 spiro atoms. The lowest BCUT2D eigenvalue weighted by Crippen LogP contribution is -2.48. The third kappa shape index (κ3) is 11.0. The summed E-state index contributed by atoms with van der Waals surface area (Å²) in [6.45, 7) is 2.16. The Labute approximate surface area is 236 Å². The van der Waals surface area contributed by atoms with Crippen LogP contribution < -0.4 is 0 Å². The van der Waals surface area contributed by atoms with Crippen molar-refractivity contribution in [3.63, 3.8) is 0 Å². The molecule has 0 heterocycles. The molecule has 3 aromatic carbocycles. The van der Waals surface area contributed by atoms with Crippen LogP contribution in [0.1, 0.15) is 23.6 Å². The standard InChI is InChI=1S/C31H36O8S/c1-24(39-40(3,33)34)30(37-22-26-15-9-5-10-16-26)31(38-23-27-17-11-6-12-18-27)28(19-20-29(32)35-2)36-21-25-13-7-4-8-14-25/h4-20,24,28,30-31H,21-23H2,1-3H3/b20-19+/t24-,28+,30+,31-/m0/s1. The Morgan fingerprint density at radius 2 is 1.15 bits per heavy atom. The van der Waals surface area contributed by atoms with Gasteiger partial charge in [-0.25, -0.2) is 4.79 Å². The number of esters is 1. The second-order valence-electron chi connectivity index (χ2n) is 9.17. The first-order valence-electron chi connectivity index (χ1n) is 12.9. The Bertz CT molecular complexity index is 1280. The summed E-state index contributed by atoms with van der Waals surface area (Å²) in [6.07, 6.45) is 0.190. The van der Waals surface area contributed by atoms with Crippen LogP contribution in [-0.4, -0.2) is 52.2 Å². The van der Waals surface area contributed by atoms with Crippen molar-refractivity contribution in [2.24, 2.45) is 0 Å². The van der Waals surface area contributed by atoms with Gasteiger partial charge in [0.25, 0.3) is 10.1 Å². The van der Waals surface area contributed by atoms with Crippen molar-refractivity contribution in [2.45, 2.75) is 51.2 Å². The van der Waals surface area contributed by atoms with Crippen LogP contribution in [0.25, 0.3) is 0 Å². The molecule has 8 nitrogen and oxygen atoms in total. The molecule has 0 saturated heterocycles. The van der Waals surface area contributed by atoms with E-state index in [1.807, 2.05) is 91.0 Å². The van der Waals surface area contributed by atoms with Crippen LogP contribution in [0.2, 0.25) is 0 Å². The second-order valence-corrected chi connectivity index (χ2v) is 10.8. The van der Waals surface area contributed by atoms with Crippen molar-refractivity contribution in [1.29, 1.82) is 0 Å². The fourth-order valence-electron chi connectivity index (χ4n) is 4.01. The lowest BCUT2D eigenvalue weighted by Gasteiger charge is -2.35. The largest absolute Gasteiger partial charge is 0.466 e. The summed E-state index contributed by atoms with van der Waals surface area (Å²) in [4.78, 5) is 12.1. The molecule has 0 amide bonds. The Morgan fingerprint density at radius 3 is 1.57 bits per heavy atom. The van der Waals surface area contributed by atoms with E-state index < -0.39 is 40.5 Å². The summed E-state index contributed by atoms with van der Waals surface area (Å²) in [6, 6.07) is 28.5. The number of hydrogen-bond acceptors (Lipinski definition) is 8. The van der Waals surface area contributed by atoms with Crippen LogP contribution in [0.15, 0.2) is 103 Å². The Morgan fingerprint density at radius 1 is 0.725 bits per heavy atom. The number of ether oxygens (including phenoxy) is 4. The molecule has 0 fully saturated rings. The third-order valence-electron chi connectivity index (χ3n) is 5.92. The number of hydrogen-bond donors (Lipinski definition) is 0. The topological polar surface area (TPSA) is 97.4 Å². The Kier molecular flexibility index (Phi) is 12.5. The van der Waals surface area contributed by atoms with Gasteiger partial charge in [-0.15, -0.1) is 0 Å². The number of benzene rings is 3. The first-order valence-corrected chi connectivity index (χ1v) is 14.7. The van der Waals surface area contributed by atoms with Gasteiger partial charge >= 0.3 is 5.97 Å². The van der Waals surface area contributed by atoms with Gasteiger partial charge in [0.1, 0.15) is 24.4 Å². The summed E-state index contributed by atoms with van der Waals surface area (Å²) >= 11 is 0. The fraction of sp³-hybridized carbons (Fsp3) is 0.323. The molecule has 4 atom stereocenters. The van der Waals surface area contributed by atoms with Gasteiger partial charge < -0.3 is 18.9 Å².